The highest BCUT2D eigenvalue weighted by Crippen LogP contribution is 1.98. The van der Waals surface area contributed by atoms with Gasteiger partial charge >= 0.3 is 5.69 Å². The molecule has 0 saturated heterocycles. The van der Waals surface area contributed by atoms with Gasteiger partial charge in [-0.25, -0.2) is 9.78 Å². The Hall–Kier alpha value is -2.28. The van der Waals surface area contributed by atoms with Crippen LogP contribution in [0.15, 0.2) is 35.6 Å². The zero-order valence-corrected chi connectivity index (χ0v) is 10.6. The molecule has 0 spiro atoms. The van der Waals surface area contributed by atoms with Crippen molar-refractivity contribution in [3.05, 3.63) is 46.9 Å². The number of hydrogen-bond donors (Lipinski definition) is 1. The van der Waals surface area contributed by atoms with Gasteiger partial charge in [-0.15, -0.1) is 0 Å². The van der Waals surface area contributed by atoms with Crippen molar-refractivity contribution in [2.24, 2.45) is 0 Å². The second-order valence-electron chi connectivity index (χ2n) is 3.87. The first-order chi connectivity index (χ1) is 9.29. The molecular formula is C12H15N5O2. The zero-order valence-electron chi connectivity index (χ0n) is 10.6. The maximum absolute atomic E-state index is 11.8. The number of pyridine rings is 1. The van der Waals surface area contributed by atoms with E-state index in [1.807, 2.05) is 12.1 Å². The molecule has 0 fully saturated rings. The number of hydrogen-bond acceptors (Lipinski definition) is 6. The minimum atomic E-state index is -0.348. The van der Waals surface area contributed by atoms with Crippen LogP contribution in [0.5, 0.6) is 0 Å². The molecule has 100 valence electrons. The van der Waals surface area contributed by atoms with E-state index in [2.05, 4.69) is 20.3 Å². The lowest BCUT2D eigenvalue weighted by Crippen LogP contribution is -2.26. The van der Waals surface area contributed by atoms with Crippen molar-refractivity contribution in [2.75, 3.05) is 25.6 Å². The number of rotatable bonds is 6. The summed E-state index contributed by atoms with van der Waals surface area (Å²) in [4.78, 5) is 23.7. The van der Waals surface area contributed by atoms with Crippen LogP contribution in [0.3, 0.4) is 0 Å². The Bertz CT molecular complexity index is 570. The first-order valence-corrected chi connectivity index (χ1v) is 5.85. The van der Waals surface area contributed by atoms with Gasteiger partial charge in [-0.1, -0.05) is 6.07 Å². The van der Waals surface area contributed by atoms with Crippen LogP contribution in [0.1, 0.15) is 5.56 Å². The van der Waals surface area contributed by atoms with Crippen LogP contribution in [-0.4, -0.2) is 39.8 Å². The van der Waals surface area contributed by atoms with E-state index < -0.39 is 0 Å². The van der Waals surface area contributed by atoms with Crippen molar-refractivity contribution in [3.63, 3.8) is 0 Å². The molecule has 0 aliphatic rings. The summed E-state index contributed by atoms with van der Waals surface area (Å²) in [6, 6.07) is 3.71. The topological polar surface area (TPSA) is 81.9 Å². The Morgan fingerprint density at radius 2 is 2.37 bits per heavy atom. The molecule has 0 saturated carbocycles. The third-order valence-electron chi connectivity index (χ3n) is 2.43. The minimum Gasteiger partial charge on any atom is -0.383 e. The third-order valence-corrected chi connectivity index (χ3v) is 2.43. The molecule has 19 heavy (non-hydrogen) atoms. The predicted molar refractivity (Wildman–Crippen MR) is 70.0 cm³/mol. The van der Waals surface area contributed by atoms with Crippen molar-refractivity contribution in [3.8, 4) is 0 Å². The van der Waals surface area contributed by atoms with Crippen molar-refractivity contribution >= 4 is 5.95 Å². The maximum Gasteiger partial charge on any atom is 0.352 e. The Morgan fingerprint density at radius 1 is 1.47 bits per heavy atom. The molecule has 0 atom stereocenters. The number of ether oxygens (including phenoxy) is 1. The summed E-state index contributed by atoms with van der Waals surface area (Å²) in [5.41, 5.74) is 0.576. The van der Waals surface area contributed by atoms with Crippen LogP contribution in [-0.2, 0) is 11.3 Å². The molecule has 1 N–H and O–H groups in total. The Morgan fingerprint density at radius 3 is 3.05 bits per heavy atom. The van der Waals surface area contributed by atoms with Crippen LogP contribution in [0, 0.1) is 0 Å². The quantitative estimate of drug-likeness (QED) is 0.745. The fraction of sp³-hybridized carbons (Fsp3) is 0.333. The van der Waals surface area contributed by atoms with E-state index in [1.54, 1.807) is 19.5 Å². The van der Waals surface area contributed by atoms with Gasteiger partial charge in [0.2, 0.25) is 5.95 Å². The Kier molecular flexibility index (Phi) is 4.57. The van der Waals surface area contributed by atoms with Gasteiger partial charge in [-0.2, -0.15) is 4.98 Å². The van der Waals surface area contributed by atoms with Crippen LogP contribution in [0.4, 0.5) is 5.95 Å². The smallest absolute Gasteiger partial charge is 0.352 e. The largest absolute Gasteiger partial charge is 0.383 e. The third kappa shape index (κ3) is 3.85. The number of nitrogens with one attached hydrogen (secondary N) is 1. The van der Waals surface area contributed by atoms with Gasteiger partial charge in [0.15, 0.2) is 0 Å². The standard InChI is InChI=1S/C12H15N5O2/c1-19-6-5-14-11-15-9-17(12(18)16-11)8-10-3-2-4-13-7-10/h2-4,7,9H,5-6,8H2,1H3,(H,14,16,18). The molecule has 0 aromatic carbocycles. The summed E-state index contributed by atoms with van der Waals surface area (Å²) in [6.45, 7) is 1.50. The summed E-state index contributed by atoms with van der Waals surface area (Å²) >= 11 is 0. The van der Waals surface area contributed by atoms with Gasteiger partial charge in [-0.05, 0) is 11.6 Å². The molecule has 2 rings (SSSR count). The summed E-state index contributed by atoms with van der Waals surface area (Å²) in [5.74, 6) is 0.310. The first kappa shape index (κ1) is 13.2. The second-order valence-corrected chi connectivity index (χ2v) is 3.87. The lowest BCUT2D eigenvalue weighted by atomic mass is 10.3. The van der Waals surface area contributed by atoms with Crippen LogP contribution < -0.4 is 11.0 Å². The molecule has 2 heterocycles. The van der Waals surface area contributed by atoms with Crippen molar-refractivity contribution in [2.45, 2.75) is 6.54 Å². The lowest BCUT2D eigenvalue weighted by molar-refractivity contribution is 0.210. The fourth-order valence-electron chi connectivity index (χ4n) is 1.50. The van der Waals surface area contributed by atoms with Gasteiger partial charge in [0.25, 0.3) is 0 Å². The van der Waals surface area contributed by atoms with E-state index in [0.29, 0.717) is 25.6 Å². The van der Waals surface area contributed by atoms with Crippen molar-refractivity contribution < 1.29 is 4.74 Å². The van der Waals surface area contributed by atoms with E-state index in [9.17, 15) is 4.79 Å². The molecule has 0 aliphatic carbocycles. The van der Waals surface area contributed by atoms with Crippen LogP contribution in [0.2, 0.25) is 0 Å². The number of nitrogens with zero attached hydrogens (tertiary/aromatic N) is 4. The lowest BCUT2D eigenvalue weighted by Gasteiger charge is -2.06. The van der Waals surface area contributed by atoms with Crippen molar-refractivity contribution in [1.82, 2.24) is 19.5 Å². The van der Waals surface area contributed by atoms with E-state index in [1.165, 1.54) is 10.9 Å². The maximum atomic E-state index is 11.8. The van der Waals surface area contributed by atoms with E-state index >= 15 is 0 Å². The highest BCUT2D eigenvalue weighted by molar-refractivity contribution is 5.20. The van der Waals surface area contributed by atoms with Crippen molar-refractivity contribution in [1.29, 1.82) is 0 Å². The van der Waals surface area contributed by atoms with E-state index in [0.717, 1.165) is 5.56 Å². The average Bonchev–Trinajstić information content (AvgIpc) is 2.43. The minimum absolute atomic E-state index is 0.310. The van der Waals surface area contributed by atoms with Gasteiger partial charge < -0.3 is 10.1 Å². The number of aromatic nitrogens is 4. The summed E-state index contributed by atoms with van der Waals surface area (Å²) < 4.78 is 6.32. The molecule has 0 unspecified atom stereocenters. The summed E-state index contributed by atoms with van der Waals surface area (Å²) in [5, 5.41) is 2.90. The first-order valence-electron chi connectivity index (χ1n) is 5.85. The van der Waals surface area contributed by atoms with Gasteiger partial charge in [-0.3, -0.25) is 9.55 Å². The molecule has 2 aromatic heterocycles. The van der Waals surface area contributed by atoms with Gasteiger partial charge in [0, 0.05) is 26.0 Å². The monoisotopic (exact) mass is 261 g/mol. The number of methoxy groups -OCH3 is 1. The van der Waals surface area contributed by atoms with E-state index in [4.69, 9.17) is 4.74 Å². The van der Waals surface area contributed by atoms with Crippen LogP contribution in [0.25, 0.3) is 0 Å². The zero-order chi connectivity index (χ0) is 13.5. The highest BCUT2D eigenvalue weighted by atomic mass is 16.5. The molecule has 0 aliphatic heterocycles. The molecule has 0 bridgehead atoms. The molecular weight excluding hydrogens is 246 g/mol. The fourth-order valence-corrected chi connectivity index (χ4v) is 1.50. The predicted octanol–water partition coefficient (Wildman–Crippen LogP) is 0.140. The molecule has 0 radical (unpaired) electrons. The van der Waals surface area contributed by atoms with Gasteiger partial charge in [0.05, 0.1) is 13.2 Å². The molecule has 0 amide bonds. The normalized spacial score (nSPS) is 10.4. The second kappa shape index (κ2) is 6.60. The molecule has 2 aromatic rings. The SMILES string of the molecule is COCCNc1ncn(Cc2cccnc2)c(=O)n1. The highest BCUT2D eigenvalue weighted by Gasteiger charge is 2.02. The Balaban J connectivity index is 2.05. The molecule has 7 nitrogen and oxygen atoms in total. The number of anilines is 1. The van der Waals surface area contributed by atoms with Crippen LogP contribution >= 0.6 is 0 Å². The summed E-state index contributed by atoms with van der Waals surface area (Å²) in [6.07, 6.45) is 4.86. The van der Waals surface area contributed by atoms with E-state index in [-0.39, 0.29) is 5.69 Å². The summed E-state index contributed by atoms with van der Waals surface area (Å²) in [7, 11) is 1.61. The van der Waals surface area contributed by atoms with Gasteiger partial charge in [0.1, 0.15) is 6.33 Å². The molecule has 7 heteroatoms. The Labute approximate surface area is 110 Å². The average molecular weight is 261 g/mol.